The Morgan fingerprint density at radius 2 is 2.08 bits per heavy atom. The summed E-state index contributed by atoms with van der Waals surface area (Å²) in [6.45, 7) is 7.21. The van der Waals surface area contributed by atoms with Crippen molar-refractivity contribution < 1.29 is 19.1 Å². The van der Waals surface area contributed by atoms with E-state index in [0.717, 1.165) is 23.7 Å². The molecule has 0 aliphatic carbocycles. The number of aromatic nitrogens is 3. The van der Waals surface area contributed by atoms with E-state index in [1.165, 1.54) is 11.3 Å². The van der Waals surface area contributed by atoms with Gasteiger partial charge in [-0.3, -0.25) is 14.8 Å². The van der Waals surface area contributed by atoms with Crippen molar-refractivity contribution >= 4 is 52.0 Å². The summed E-state index contributed by atoms with van der Waals surface area (Å²) in [6, 6.07) is 0. The number of carbonyl (C=O) groups is 2. The lowest BCUT2D eigenvalue weighted by atomic mass is 10.1. The summed E-state index contributed by atoms with van der Waals surface area (Å²) in [5, 5.41) is 6.90. The number of ether oxygens (including phenoxy) is 2. The quantitative estimate of drug-likeness (QED) is 0.273. The standard InChI is InChI=1S/C23H28Cl2N6O4S/c1-4-34-20(33)18-17(16-10-26-13(2)9-27-16)30-22(36-18)31-7-5-15(6-8-31)35-11-23(25)19(24)14(3)29-21(23)28-12-32/h9-10,12,15,21,29H,4-8,11H2,1-3H3,(H,28,32)/t21?,23-/m0/s1. The average Bonchev–Trinajstić information content (AvgIpc) is 3.41. The van der Waals surface area contributed by atoms with E-state index in [2.05, 4.69) is 25.5 Å². The van der Waals surface area contributed by atoms with E-state index < -0.39 is 17.0 Å². The number of nitrogens with one attached hydrogen (secondary N) is 2. The second-order valence-electron chi connectivity index (χ2n) is 8.60. The number of nitrogens with zero attached hydrogens (tertiary/aromatic N) is 4. The lowest BCUT2D eigenvalue weighted by Crippen LogP contribution is -2.53. The number of amides is 1. The van der Waals surface area contributed by atoms with Crippen LogP contribution in [0.5, 0.6) is 0 Å². The zero-order valence-corrected chi connectivity index (χ0v) is 22.5. The first kappa shape index (κ1) is 26.6. The number of allylic oxidation sites excluding steroid dienone is 1. The second-order valence-corrected chi connectivity index (χ2v) is 10.6. The first-order valence-electron chi connectivity index (χ1n) is 11.6. The summed E-state index contributed by atoms with van der Waals surface area (Å²) in [7, 11) is 0. The molecule has 4 heterocycles. The highest BCUT2D eigenvalue weighted by molar-refractivity contribution is 7.17. The fourth-order valence-corrected chi connectivity index (χ4v) is 5.70. The number of halogens is 2. The minimum atomic E-state index is -1.07. The van der Waals surface area contributed by atoms with Gasteiger partial charge in [-0.2, -0.15) is 0 Å². The Hall–Kier alpha value is -2.47. The maximum atomic E-state index is 12.6. The molecule has 2 N–H and O–H groups in total. The molecule has 0 spiro atoms. The molecule has 0 bridgehead atoms. The molecule has 36 heavy (non-hydrogen) atoms. The molecule has 2 aliphatic heterocycles. The largest absolute Gasteiger partial charge is 0.462 e. The predicted octanol–water partition coefficient (Wildman–Crippen LogP) is 3.19. The van der Waals surface area contributed by atoms with E-state index in [-0.39, 0.29) is 19.3 Å². The molecular weight excluding hydrogens is 527 g/mol. The van der Waals surface area contributed by atoms with Gasteiger partial charge >= 0.3 is 5.97 Å². The molecule has 2 aromatic heterocycles. The molecule has 2 atom stereocenters. The van der Waals surface area contributed by atoms with Gasteiger partial charge in [-0.25, -0.2) is 9.78 Å². The zero-order valence-electron chi connectivity index (χ0n) is 20.2. The van der Waals surface area contributed by atoms with E-state index in [1.54, 1.807) is 26.2 Å². The van der Waals surface area contributed by atoms with Crippen molar-refractivity contribution in [1.82, 2.24) is 25.6 Å². The summed E-state index contributed by atoms with van der Waals surface area (Å²) in [6.07, 6.45) is 4.74. The number of esters is 1. The summed E-state index contributed by atoms with van der Waals surface area (Å²) < 4.78 is 11.4. The van der Waals surface area contributed by atoms with Gasteiger partial charge in [-0.1, -0.05) is 22.9 Å². The molecule has 2 aromatic rings. The highest BCUT2D eigenvalue weighted by Crippen LogP contribution is 2.39. The maximum Gasteiger partial charge on any atom is 0.350 e. The molecule has 0 aromatic carbocycles. The minimum absolute atomic E-state index is 0.0361. The highest BCUT2D eigenvalue weighted by Gasteiger charge is 2.47. The highest BCUT2D eigenvalue weighted by atomic mass is 35.5. The molecular formula is C23H28Cl2N6O4S. The number of aryl methyl sites for hydroxylation is 1. The normalized spacial score (nSPS) is 22.5. The van der Waals surface area contributed by atoms with E-state index in [0.29, 0.717) is 46.5 Å². The summed E-state index contributed by atoms with van der Waals surface area (Å²) in [5.41, 5.74) is 2.49. The van der Waals surface area contributed by atoms with Crippen LogP contribution in [0.15, 0.2) is 23.1 Å². The fraction of sp³-hybridized carbons (Fsp3) is 0.522. The average molecular weight is 555 g/mol. The number of hydrogen-bond acceptors (Lipinski definition) is 10. The smallest absolute Gasteiger partial charge is 0.350 e. The summed E-state index contributed by atoms with van der Waals surface area (Å²) >= 11 is 14.5. The van der Waals surface area contributed by atoms with Crippen LogP contribution in [0.25, 0.3) is 11.4 Å². The van der Waals surface area contributed by atoms with Gasteiger partial charge in [0, 0.05) is 25.0 Å². The van der Waals surface area contributed by atoms with Gasteiger partial charge in [0.2, 0.25) is 6.41 Å². The van der Waals surface area contributed by atoms with E-state index in [4.69, 9.17) is 37.7 Å². The van der Waals surface area contributed by atoms with E-state index in [1.807, 2.05) is 6.92 Å². The number of piperidine rings is 1. The Balaban J connectivity index is 1.43. The third-order valence-corrected chi connectivity index (χ3v) is 8.42. The van der Waals surface area contributed by atoms with Gasteiger partial charge in [0.15, 0.2) is 5.13 Å². The molecule has 1 saturated heterocycles. The number of alkyl halides is 1. The van der Waals surface area contributed by atoms with Crippen molar-refractivity contribution in [2.75, 3.05) is 31.2 Å². The Morgan fingerprint density at radius 1 is 1.33 bits per heavy atom. The Bertz CT molecular complexity index is 1140. The van der Waals surface area contributed by atoms with Crippen LogP contribution in [0.4, 0.5) is 5.13 Å². The van der Waals surface area contributed by atoms with Crippen molar-refractivity contribution in [2.45, 2.75) is 50.8 Å². The van der Waals surface area contributed by atoms with Crippen molar-refractivity contribution in [2.24, 2.45) is 0 Å². The monoisotopic (exact) mass is 554 g/mol. The second kappa shape index (κ2) is 11.3. The Kier molecular flexibility index (Phi) is 8.34. The number of carbonyl (C=O) groups excluding carboxylic acids is 2. The number of anilines is 1. The number of rotatable bonds is 9. The molecule has 10 nitrogen and oxygen atoms in total. The molecule has 4 rings (SSSR count). The zero-order chi connectivity index (χ0) is 25.9. The lowest BCUT2D eigenvalue weighted by molar-refractivity contribution is -0.110. The van der Waals surface area contributed by atoms with Crippen LogP contribution in [0.1, 0.15) is 42.1 Å². The molecule has 0 radical (unpaired) electrons. The third-order valence-electron chi connectivity index (χ3n) is 6.09. The van der Waals surface area contributed by atoms with Crippen LogP contribution >= 0.6 is 34.5 Å². The van der Waals surface area contributed by atoms with Crippen molar-refractivity contribution in [3.8, 4) is 11.4 Å². The first-order valence-corrected chi connectivity index (χ1v) is 13.2. The van der Waals surface area contributed by atoms with Crippen molar-refractivity contribution in [1.29, 1.82) is 0 Å². The summed E-state index contributed by atoms with van der Waals surface area (Å²) in [5.74, 6) is -0.423. The van der Waals surface area contributed by atoms with Gasteiger partial charge in [0.25, 0.3) is 0 Å². The SMILES string of the molecule is CCOC(=O)c1sc(N2CCC(OC[C@]3(Cl)C(Cl)=C(C)NC3NC=O)CC2)nc1-c1cnc(C)cn1. The van der Waals surface area contributed by atoms with Gasteiger partial charge in [-0.05, 0) is 33.6 Å². The number of thiazole rings is 1. The Morgan fingerprint density at radius 3 is 2.72 bits per heavy atom. The number of hydrogen-bond donors (Lipinski definition) is 2. The lowest BCUT2D eigenvalue weighted by Gasteiger charge is -2.35. The Labute approximate surface area is 223 Å². The van der Waals surface area contributed by atoms with Crippen LogP contribution in [-0.2, 0) is 14.3 Å². The molecule has 2 aliphatic rings. The van der Waals surface area contributed by atoms with Gasteiger partial charge in [0.05, 0.1) is 36.2 Å². The van der Waals surface area contributed by atoms with Gasteiger partial charge in [0.1, 0.15) is 27.3 Å². The van der Waals surface area contributed by atoms with E-state index in [9.17, 15) is 9.59 Å². The van der Waals surface area contributed by atoms with Crippen LogP contribution in [0.3, 0.4) is 0 Å². The molecule has 13 heteroatoms. The topological polar surface area (TPSA) is 119 Å². The van der Waals surface area contributed by atoms with Crippen LogP contribution < -0.4 is 15.5 Å². The predicted molar refractivity (Wildman–Crippen MR) is 138 cm³/mol. The maximum absolute atomic E-state index is 12.6. The van der Waals surface area contributed by atoms with Crippen LogP contribution in [-0.4, -0.2) is 70.8 Å². The van der Waals surface area contributed by atoms with Crippen LogP contribution in [0.2, 0.25) is 0 Å². The van der Waals surface area contributed by atoms with Crippen molar-refractivity contribution in [3.63, 3.8) is 0 Å². The van der Waals surface area contributed by atoms with Crippen molar-refractivity contribution in [3.05, 3.63) is 33.7 Å². The molecule has 1 fully saturated rings. The molecule has 1 amide bonds. The minimum Gasteiger partial charge on any atom is -0.462 e. The molecule has 194 valence electrons. The van der Waals surface area contributed by atoms with E-state index >= 15 is 0 Å². The first-order chi connectivity index (χ1) is 17.3. The van der Waals surface area contributed by atoms with Gasteiger partial charge in [-0.15, -0.1) is 11.6 Å². The molecule has 1 unspecified atom stereocenters. The fourth-order valence-electron chi connectivity index (χ4n) is 4.14. The summed E-state index contributed by atoms with van der Waals surface area (Å²) in [4.78, 5) is 38.5. The van der Waals surface area contributed by atoms with Gasteiger partial charge < -0.3 is 25.0 Å². The van der Waals surface area contributed by atoms with Crippen LogP contribution in [0, 0.1) is 6.92 Å². The third kappa shape index (κ3) is 5.44. The molecule has 0 saturated carbocycles.